The highest BCUT2D eigenvalue weighted by Crippen LogP contribution is 2.45. The first-order valence-corrected chi connectivity index (χ1v) is 21.3. The Morgan fingerprint density at radius 2 is 0.618 bits per heavy atom. The topological polar surface area (TPSA) is 124 Å². The molecule has 0 heterocycles. The van der Waals surface area contributed by atoms with Gasteiger partial charge in [0.2, 0.25) is 0 Å². The molecule has 334 valence electrons. The Morgan fingerprint density at radius 1 is 0.324 bits per heavy atom. The van der Waals surface area contributed by atoms with Crippen LogP contribution >= 0.6 is 0 Å². The van der Waals surface area contributed by atoms with Gasteiger partial charge in [0.25, 0.3) is 0 Å². The van der Waals surface area contributed by atoms with E-state index < -0.39 is 23.9 Å². The third-order valence-electron chi connectivity index (χ3n) is 10.5. The molecule has 8 rings (SSSR count). The Balaban J connectivity index is 0.969. The molecular weight excluding hydrogens is 857 g/mol. The minimum absolute atomic E-state index is 0.254. The van der Waals surface area contributed by atoms with E-state index in [0.717, 1.165) is 32.7 Å². The van der Waals surface area contributed by atoms with Crippen molar-refractivity contribution in [2.45, 2.75) is 0 Å². The van der Waals surface area contributed by atoms with Crippen LogP contribution in [0.25, 0.3) is 57.0 Å². The summed E-state index contributed by atoms with van der Waals surface area (Å²) in [6, 6.07) is 50.4. The standard InChI is InChI=1S/C58H42O10/c1-63-45-25-11-39(12-26-45)19-35-53(59)65-47-29-15-41(16-30-47)21-37-55(61)67-51-33-23-43-7-3-5-9-49(43)57(51)58-50-10-6-4-8-44(50)24-34-52(58)68-56(62)38-22-42-17-31-48(32-18-42)66-54(60)36-20-40-13-27-46(64-2)28-14-40/h3-38H,1-2H3/b35-19+,36-20+,37-21+,38-22+. The molecule has 0 N–H and O–H groups in total. The number of hydrogen-bond acceptors (Lipinski definition) is 10. The molecule has 0 saturated carbocycles. The predicted molar refractivity (Wildman–Crippen MR) is 264 cm³/mol. The number of methoxy groups -OCH3 is 2. The monoisotopic (exact) mass is 898 g/mol. The SMILES string of the molecule is COc1ccc(/C=C/C(=O)Oc2ccc(/C=C/C(=O)Oc3ccc4ccccc4c3-c3c(OC(=O)/C=C/c4ccc(OC(=O)/C=C/c5ccc(OC)cc5)cc4)ccc4ccccc34)cc2)cc1. The molecule has 0 spiro atoms. The van der Waals surface area contributed by atoms with Crippen LogP contribution in [0.2, 0.25) is 0 Å². The molecule has 8 aromatic rings. The summed E-state index contributed by atoms with van der Waals surface area (Å²) >= 11 is 0. The maximum atomic E-state index is 13.5. The number of benzene rings is 8. The Hall–Kier alpha value is -9.28. The average molecular weight is 899 g/mol. The molecule has 10 nitrogen and oxygen atoms in total. The number of rotatable bonds is 15. The highest BCUT2D eigenvalue weighted by atomic mass is 16.5. The minimum Gasteiger partial charge on any atom is -0.497 e. The van der Waals surface area contributed by atoms with E-state index in [0.29, 0.717) is 45.3 Å². The Bertz CT molecular complexity index is 3010. The van der Waals surface area contributed by atoms with Gasteiger partial charge in [0.15, 0.2) is 0 Å². The molecule has 0 aliphatic heterocycles. The van der Waals surface area contributed by atoms with Crippen molar-refractivity contribution in [2.75, 3.05) is 14.2 Å². The van der Waals surface area contributed by atoms with Gasteiger partial charge in [-0.15, -0.1) is 0 Å². The number of hydrogen-bond donors (Lipinski definition) is 0. The molecule has 10 heteroatoms. The summed E-state index contributed by atoms with van der Waals surface area (Å²) in [5.74, 6) is 0.232. The fourth-order valence-corrected chi connectivity index (χ4v) is 7.16. The van der Waals surface area contributed by atoms with E-state index in [1.807, 2.05) is 84.9 Å². The average Bonchev–Trinajstić information content (AvgIpc) is 3.37. The van der Waals surface area contributed by atoms with Crippen molar-refractivity contribution in [1.29, 1.82) is 0 Å². The fraction of sp³-hybridized carbons (Fsp3) is 0.0345. The van der Waals surface area contributed by atoms with Gasteiger partial charge >= 0.3 is 23.9 Å². The molecule has 0 fully saturated rings. The molecule has 0 atom stereocenters. The summed E-state index contributed by atoms with van der Waals surface area (Å²) in [6.45, 7) is 0. The molecule has 68 heavy (non-hydrogen) atoms. The third kappa shape index (κ3) is 11.7. The van der Waals surface area contributed by atoms with Crippen molar-refractivity contribution in [3.05, 3.63) is 216 Å². The van der Waals surface area contributed by atoms with E-state index in [1.54, 1.807) is 123 Å². The molecule has 0 bridgehead atoms. The zero-order valence-electron chi connectivity index (χ0n) is 36.9. The second-order valence-electron chi connectivity index (χ2n) is 15.0. The summed E-state index contributed by atoms with van der Waals surface area (Å²) in [5, 5.41) is 3.30. The van der Waals surface area contributed by atoms with Gasteiger partial charge in [0.1, 0.15) is 34.5 Å². The van der Waals surface area contributed by atoms with E-state index in [4.69, 9.17) is 28.4 Å². The summed E-state index contributed by atoms with van der Waals surface area (Å²) in [6.07, 6.45) is 11.8. The first-order chi connectivity index (χ1) is 33.2. The summed E-state index contributed by atoms with van der Waals surface area (Å²) in [5.41, 5.74) is 4.08. The van der Waals surface area contributed by atoms with Gasteiger partial charge in [0, 0.05) is 35.4 Å². The van der Waals surface area contributed by atoms with Gasteiger partial charge in [-0.05, 0) is 129 Å². The van der Waals surface area contributed by atoms with E-state index >= 15 is 0 Å². The van der Waals surface area contributed by atoms with E-state index in [9.17, 15) is 19.2 Å². The van der Waals surface area contributed by atoms with Crippen molar-refractivity contribution >= 4 is 69.7 Å². The van der Waals surface area contributed by atoms with Gasteiger partial charge in [0.05, 0.1) is 14.2 Å². The number of carbonyl (C=O) groups is 4. The second kappa shape index (κ2) is 21.6. The molecule has 8 aromatic carbocycles. The van der Waals surface area contributed by atoms with Crippen LogP contribution in [0.3, 0.4) is 0 Å². The van der Waals surface area contributed by atoms with Crippen LogP contribution in [0, 0.1) is 0 Å². The van der Waals surface area contributed by atoms with Crippen molar-refractivity contribution < 1.29 is 47.6 Å². The smallest absolute Gasteiger partial charge is 0.336 e. The molecule has 0 saturated heterocycles. The summed E-state index contributed by atoms with van der Waals surface area (Å²) < 4.78 is 33.4. The number of ether oxygens (including phenoxy) is 6. The fourth-order valence-electron chi connectivity index (χ4n) is 7.16. The van der Waals surface area contributed by atoms with Crippen molar-refractivity contribution in [2.24, 2.45) is 0 Å². The Labute approximate surface area is 392 Å². The largest absolute Gasteiger partial charge is 0.497 e. The number of esters is 4. The zero-order valence-corrected chi connectivity index (χ0v) is 36.9. The highest BCUT2D eigenvalue weighted by molar-refractivity contribution is 6.11. The first-order valence-electron chi connectivity index (χ1n) is 21.3. The van der Waals surface area contributed by atoms with Crippen molar-refractivity contribution in [1.82, 2.24) is 0 Å². The van der Waals surface area contributed by atoms with E-state index in [-0.39, 0.29) is 11.5 Å². The van der Waals surface area contributed by atoms with E-state index in [1.165, 1.54) is 24.3 Å². The number of fused-ring (bicyclic) bond motifs is 2. The van der Waals surface area contributed by atoms with Crippen LogP contribution in [0.4, 0.5) is 0 Å². The van der Waals surface area contributed by atoms with Crippen LogP contribution < -0.4 is 28.4 Å². The summed E-state index contributed by atoms with van der Waals surface area (Å²) in [7, 11) is 3.17. The normalized spacial score (nSPS) is 11.4. The zero-order chi connectivity index (χ0) is 47.2. The highest BCUT2D eigenvalue weighted by Gasteiger charge is 2.21. The predicted octanol–water partition coefficient (Wildman–Crippen LogP) is 12.2. The van der Waals surface area contributed by atoms with Gasteiger partial charge in [-0.1, -0.05) is 109 Å². The molecule has 0 radical (unpaired) electrons. The second-order valence-corrected chi connectivity index (χ2v) is 15.0. The Kier molecular flexibility index (Phi) is 14.4. The van der Waals surface area contributed by atoms with Crippen LogP contribution in [-0.2, 0) is 19.2 Å². The molecular formula is C58H42O10. The molecule has 0 unspecified atom stereocenters. The lowest BCUT2D eigenvalue weighted by Crippen LogP contribution is -2.07. The molecule has 0 amide bonds. The van der Waals surface area contributed by atoms with Gasteiger partial charge < -0.3 is 28.4 Å². The quantitative estimate of drug-likeness (QED) is 0.0558. The summed E-state index contributed by atoms with van der Waals surface area (Å²) in [4.78, 5) is 52.0. The van der Waals surface area contributed by atoms with Crippen LogP contribution in [-0.4, -0.2) is 38.1 Å². The number of carbonyl (C=O) groups excluding carboxylic acids is 4. The maximum Gasteiger partial charge on any atom is 0.336 e. The lowest BCUT2D eigenvalue weighted by Gasteiger charge is -2.18. The first kappa shape index (κ1) is 45.3. The maximum absolute atomic E-state index is 13.5. The van der Waals surface area contributed by atoms with Crippen LogP contribution in [0.15, 0.2) is 194 Å². The van der Waals surface area contributed by atoms with Crippen molar-refractivity contribution in [3.63, 3.8) is 0 Å². The van der Waals surface area contributed by atoms with Gasteiger partial charge in [-0.3, -0.25) is 0 Å². The Morgan fingerprint density at radius 3 is 0.941 bits per heavy atom. The molecule has 0 aliphatic carbocycles. The van der Waals surface area contributed by atoms with Crippen molar-refractivity contribution in [3.8, 4) is 45.6 Å². The van der Waals surface area contributed by atoms with Crippen LogP contribution in [0.1, 0.15) is 22.3 Å². The lowest BCUT2D eigenvalue weighted by atomic mass is 9.92. The molecule has 0 aliphatic rings. The minimum atomic E-state index is -0.645. The third-order valence-corrected chi connectivity index (χ3v) is 10.5. The van der Waals surface area contributed by atoms with Gasteiger partial charge in [-0.25, -0.2) is 19.2 Å². The van der Waals surface area contributed by atoms with Crippen LogP contribution in [0.5, 0.6) is 34.5 Å². The van der Waals surface area contributed by atoms with Gasteiger partial charge in [-0.2, -0.15) is 0 Å². The molecule has 0 aromatic heterocycles. The lowest BCUT2D eigenvalue weighted by molar-refractivity contribution is -0.129. The van der Waals surface area contributed by atoms with E-state index in [2.05, 4.69) is 0 Å².